The highest BCUT2D eigenvalue weighted by Crippen LogP contribution is 2.30. The molecule has 0 saturated heterocycles. The molecular weight excluding hydrogens is 251 g/mol. The van der Waals surface area contributed by atoms with E-state index in [9.17, 15) is 13.2 Å². The van der Waals surface area contributed by atoms with Crippen molar-refractivity contribution in [3.05, 3.63) is 24.3 Å². The van der Waals surface area contributed by atoms with Crippen LogP contribution in [0.3, 0.4) is 0 Å². The zero-order valence-corrected chi connectivity index (χ0v) is 9.55. The lowest BCUT2D eigenvalue weighted by Crippen LogP contribution is -2.08. The second-order valence-corrected chi connectivity index (χ2v) is 4.58. The number of nitrogens with zero attached hydrogens (tertiary/aromatic N) is 2. The highest BCUT2D eigenvalue weighted by Gasteiger charge is 2.27. The molecule has 0 radical (unpaired) electrons. The number of thioether (sulfide) groups is 1. The van der Waals surface area contributed by atoms with Gasteiger partial charge in [-0.05, 0) is 23.9 Å². The average molecular weight is 261 g/mol. The zero-order valence-electron chi connectivity index (χ0n) is 8.74. The third-order valence-electron chi connectivity index (χ3n) is 2.26. The number of aryl methyl sites for hydroxylation is 1. The Hall–Kier alpha value is -1.37. The van der Waals surface area contributed by atoms with E-state index in [1.54, 1.807) is 18.2 Å². The Morgan fingerprint density at radius 3 is 2.71 bits per heavy atom. The molecule has 1 heterocycles. The highest BCUT2D eigenvalue weighted by molar-refractivity contribution is 8.00. The lowest BCUT2D eigenvalue weighted by molar-refractivity contribution is -0.0328. The lowest BCUT2D eigenvalue weighted by atomic mass is 10.2. The van der Waals surface area contributed by atoms with Gasteiger partial charge in [0.1, 0.15) is 0 Å². The fraction of sp³-hybridized carbons (Fsp3) is 0.300. The Morgan fingerprint density at radius 1 is 1.29 bits per heavy atom. The summed E-state index contributed by atoms with van der Waals surface area (Å²) in [5.41, 5.74) is 2.23. The van der Waals surface area contributed by atoms with Gasteiger partial charge in [0.15, 0.2) is 5.82 Å². The maximum absolute atomic E-state index is 12.0. The summed E-state index contributed by atoms with van der Waals surface area (Å²) in [6.45, 7) is 0.182. The number of para-hydroxylation sites is 1. The first kappa shape index (κ1) is 12.1. The molecule has 0 amide bonds. The Kier molecular flexibility index (Phi) is 3.19. The van der Waals surface area contributed by atoms with Crippen molar-refractivity contribution in [1.29, 1.82) is 0 Å². The predicted octanol–water partition coefficient (Wildman–Crippen LogP) is 2.87. The molecule has 0 saturated carbocycles. The van der Waals surface area contributed by atoms with Gasteiger partial charge in [0.05, 0.1) is 12.1 Å². The van der Waals surface area contributed by atoms with Crippen molar-refractivity contribution in [2.75, 3.05) is 11.5 Å². The van der Waals surface area contributed by atoms with E-state index in [1.807, 2.05) is 6.07 Å². The van der Waals surface area contributed by atoms with E-state index in [2.05, 4.69) is 5.10 Å². The molecule has 0 aliphatic rings. The maximum Gasteiger partial charge on any atom is 0.441 e. The van der Waals surface area contributed by atoms with Crippen molar-refractivity contribution in [3.63, 3.8) is 0 Å². The molecule has 92 valence electrons. The smallest absolute Gasteiger partial charge is 0.382 e. The number of benzene rings is 1. The predicted molar refractivity (Wildman–Crippen MR) is 62.7 cm³/mol. The largest absolute Gasteiger partial charge is 0.441 e. The van der Waals surface area contributed by atoms with Crippen molar-refractivity contribution >= 4 is 28.5 Å². The van der Waals surface area contributed by atoms with Crippen LogP contribution in [0.1, 0.15) is 0 Å². The molecule has 2 N–H and O–H groups in total. The second-order valence-electron chi connectivity index (χ2n) is 3.42. The van der Waals surface area contributed by atoms with Crippen LogP contribution < -0.4 is 5.73 Å². The number of alkyl halides is 3. The summed E-state index contributed by atoms with van der Waals surface area (Å²) in [5, 5.41) is 4.79. The molecule has 0 atom stereocenters. The number of aromatic nitrogens is 2. The molecule has 17 heavy (non-hydrogen) atoms. The number of hydrogen-bond donors (Lipinski definition) is 1. The van der Waals surface area contributed by atoms with Gasteiger partial charge in [0.25, 0.3) is 0 Å². The first-order chi connectivity index (χ1) is 7.97. The number of halogens is 3. The molecule has 7 heteroatoms. The van der Waals surface area contributed by atoms with Crippen molar-refractivity contribution in [2.45, 2.75) is 12.1 Å². The summed E-state index contributed by atoms with van der Waals surface area (Å²) in [6, 6.07) is 7.20. The molecule has 2 aromatic rings. The van der Waals surface area contributed by atoms with Crippen LogP contribution in [0.4, 0.5) is 19.0 Å². The quantitative estimate of drug-likeness (QED) is 0.924. The number of anilines is 1. The van der Waals surface area contributed by atoms with Gasteiger partial charge in [0, 0.05) is 11.1 Å². The fourth-order valence-electron chi connectivity index (χ4n) is 1.57. The average Bonchev–Trinajstić information content (AvgIpc) is 2.55. The molecule has 3 nitrogen and oxygen atoms in total. The summed E-state index contributed by atoms with van der Waals surface area (Å²) < 4.78 is 37.5. The van der Waals surface area contributed by atoms with Crippen LogP contribution >= 0.6 is 11.8 Å². The Labute approximate surface area is 99.8 Å². The SMILES string of the molecule is Nc1nn(CCSC(F)(F)F)c2ccccc12. The van der Waals surface area contributed by atoms with Gasteiger partial charge in [-0.1, -0.05) is 12.1 Å². The minimum Gasteiger partial charge on any atom is -0.382 e. The zero-order chi connectivity index (χ0) is 12.5. The van der Waals surface area contributed by atoms with Crippen LogP contribution in [0.25, 0.3) is 10.9 Å². The number of fused-ring (bicyclic) bond motifs is 1. The van der Waals surface area contributed by atoms with E-state index in [-0.39, 0.29) is 24.1 Å². The van der Waals surface area contributed by atoms with Gasteiger partial charge in [-0.15, -0.1) is 0 Å². The van der Waals surface area contributed by atoms with E-state index in [0.717, 1.165) is 10.9 Å². The second kappa shape index (κ2) is 4.48. The number of nitrogen functional groups attached to an aromatic ring is 1. The highest BCUT2D eigenvalue weighted by atomic mass is 32.2. The summed E-state index contributed by atoms with van der Waals surface area (Å²) >= 11 is -0.0554. The van der Waals surface area contributed by atoms with E-state index < -0.39 is 5.51 Å². The standard InChI is InChI=1S/C10H10F3N3S/c11-10(12,13)17-6-5-16-8-4-2-1-3-7(8)9(14)15-16/h1-4H,5-6H2,(H2,14,15). The van der Waals surface area contributed by atoms with Crippen LogP contribution in [-0.4, -0.2) is 21.0 Å². The summed E-state index contributed by atoms with van der Waals surface area (Å²) in [6.07, 6.45) is 0. The monoisotopic (exact) mass is 261 g/mol. The van der Waals surface area contributed by atoms with Gasteiger partial charge in [-0.2, -0.15) is 18.3 Å². The van der Waals surface area contributed by atoms with Crippen LogP contribution in [0.2, 0.25) is 0 Å². The van der Waals surface area contributed by atoms with E-state index >= 15 is 0 Å². The topological polar surface area (TPSA) is 43.8 Å². The third-order valence-corrected chi connectivity index (χ3v) is 2.97. The van der Waals surface area contributed by atoms with E-state index in [4.69, 9.17) is 5.73 Å². The molecule has 0 aliphatic carbocycles. The van der Waals surface area contributed by atoms with Gasteiger partial charge in [0.2, 0.25) is 0 Å². The van der Waals surface area contributed by atoms with Crippen LogP contribution in [-0.2, 0) is 6.54 Å². The number of hydrogen-bond acceptors (Lipinski definition) is 3. The molecule has 2 rings (SSSR count). The van der Waals surface area contributed by atoms with Crippen molar-refractivity contribution < 1.29 is 13.2 Å². The molecule has 1 aromatic heterocycles. The van der Waals surface area contributed by atoms with Crippen molar-refractivity contribution in [2.24, 2.45) is 0 Å². The summed E-state index contributed by atoms with van der Waals surface area (Å²) in [7, 11) is 0. The molecule has 0 spiro atoms. The molecule has 0 fully saturated rings. The Balaban J connectivity index is 2.14. The maximum atomic E-state index is 12.0. The normalized spacial score (nSPS) is 12.2. The van der Waals surface area contributed by atoms with Crippen LogP contribution in [0.5, 0.6) is 0 Å². The van der Waals surface area contributed by atoms with Crippen molar-refractivity contribution in [1.82, 2.24) is 9.78 Å². The Morgan fingerprint density at radius 2 is 2.00 bits per heavy atom. The van der Waals surface area contributed by atoms with Gasteiger partial charge >= 0.3 is 5.51 Å². The minimum atomic E-state index is -4.20. The molecule has 0 aliphatic heterocycles. The van der Waals surface area contributed by atoms with Gasteiger partial charge in [-0.25, -0.2) is 0 Å². The fourth-order valence-corrected chi connectivity index (χ4v) is 2.07. The Bertz CT molecular complexity index is 521. The molecule has 1 aromatic carbocycles. The van der Waals surface area contributed by atoms with E-state index in [1.165, 1.54) is 4.68 Å². The van der Waals surface area contributed by atoms with E-state index in [0.29, 0.717) is 5.82 Å². The van der Waals surface area contributed by atoms with Crippen LogP contribution in [0, 0.1) is 0 Å². The summed E-state index contributed by atoms with van der Waals surface area (Å²) in [4.78, 5) is 0. The van der Waals surface area contributed by atoms with Gasteiger partial charge in [-0.3, -0.25) is 4.68 Å². The first-order valence-corrected chi connectivity index (χ1v) is 5.87. The molecular formula is C10H10F3N3S. The summed E-state index contributed by atoms with van der Waals surface area (Å²) in [5.74, 6) is 0.270. The molecule has 0 unspecified atom stereocenters. The third kappa shape index (κ3) is 2.85. The lowest BCUT2D eigenvalue weighted by Gasteiger charge is -2.06. The molecule has 0 bridgehead atoms. The van der Waals surface area contributed by atoms with Crippen molar-refractivity contribution in [3.8, 4) is 0 Å². The van der Waals surface area contributed by atoms with Crippen LogP contribution in [0.15, 0.2) is 24.3 Å². The number of rotatable bonds is 3. The first-order valence-electron chi connectivity index (χ1n) is 4.89. The van der Waals surface area contributed by atoms with Gasteiger partial charge < -0.3 is 5.73 Å². The minimum absolute atomic E-state index is 0.0554. The number of nitrogens with two attached hydrogens (primary N) is 1.